The number of rotatable bonds is 5. The van der Waals surface area contributed by atoms with E-state index in [4.69, 9.17) is 17.0 Å². The Morgan fingerprint density at radius 1 is 1.10 bits per heavy atom. The lowest BCUT2D eigenvalue weighted by Gasteiger charge is -2.33. The maximum atomic E-state index is 13.7. The van der Waals surface area contributed by atoms with Crippen LogP contribution in [-0.4, -0.2) is 30.4 Å². The van der Waals surface area contributed by atoms with Crippen LogP contribution in [0.25, 0.3) is 0 Å². The fourth-order valence-corrected chi connectivity index (χ4v) is 2.32. The van der Waals surface area contributed by atoms with E-state index in [1.54, 1.807) is 6.07 Å². The number of carbonyl (C=O) groups is 1. The smallest absolute Gasteiger partial charge is 0.416 e. The van der Waals surface area contributed by atoms with Gasteiger partial charge in [-0.25, -0.2) is 0 Å². The highest BCUT2D eigenvalue weighted by molar-refractivity contribution is 7.80. The van der Waals surface area contributed by atoms with Crippen LogP contribution in [0.2, 0.25) is 0 Å². The summed E-state index contributed by atoms with van der Waals surface area (Å²) in [6, 6.07) is 6.68. The van der Waals surface area contributed by atoms with Crippen molar-refractivity contribution < 1.29 is 27.4 Å². The Balaban J connectivity index is 3.57. The maximum Gasteiger partial charge on any atom is 0.416 e. The van der Waals surface area contributed by atoms with Crippen molar-refractivity contribution in [3.63, 3.8) is 0 Å². The molecule has 0 saturated heterocycles. The van der Waals surface area contributed by atoms with Crippen molar-refractivity contribution in [1.29, 1.82) is 0 Å². The summed E-state index contributed by atoms with van der Waals surface area (Å²) >= 11 is 4.76. The Morgan fingerprint density at radius 3 is 2.05 bits per heavy atom. The summed E-state index contributed by atoms with van der Waals surface area (Å²) in [4.78, 5) is 12.1. The minimum atomic E-state index is -4.98. The molecule has 0 aliphatic rings. The van der Waals surface area contributed by atoms with Gasteiger partial charge >= 0.3 is 12.1 Å². The SMILES string of the molecule is CCOC(=O)C(C(=S)OCC)(c1ccccc1)C(F)(F)F. The lowest BCUT2D eigenvalue weighted by atomic mass is 9.80. The molecule has 0 heterocycles. The Labute approximate surface area is 126 Å². The highest BCUT2D eigenvalue weighted by atomic mass is 32.1. The Kier molecular flexibility index (Phi) is 5.71. The molecule has 116 valence electrons. The molecule has 21 heavy (non-hydrogen) atoms. The molecule has 1 unspecified atom stereocenters. The number of ether oxygens (including phenoxy) is 2. The van der Waals surface area contributed by atoms with Crippen molar-refractivity contribution in [2.75, 3.05) is 13.2 Å². The van der Waals surface area contributed by atoms with Gasteiger partial charge in [-0.15, -0.1) is 0 Å². The van der Waals surface area contributed by atoms with Crippen molar-refractivity contribution in [2.45, 2.75) is 25.4 Å². The van der Waals surface area contributed by atoms with E-state index in [0.29, 0.717) is 0 Å². The van der Waals surface area contributed by atoms with Gasteiger partial charge < -0.3 is 9.47 Å². The van der Waals surface area contributed by atoms with Gasteiger partial charge in [0.15, 0.2) is 5.05 Å². The van der Waals surface area contributed by atoms with E-state index in [-0.39, 0.29) is 18.8 Å². The molecule has 1 aromatic rings. The largest absolute Gasteiger partial charge is 0.485 e. The van der Waals surface area contributed by atoms with Gasteiger partial charge in [-0.1, -0.05) is 30.3 Å². The summed E-state index contributed by atoms with van der Waals surface area (Å²) in [5.74, 6) is -1.48. The van der Waals surface area contributed by atoms with Crippen LogP contribution in [0.4, 0.5) is 13.2 Å². The van der Waals surface area contributed by atoms with Crippen molar-refractivity contribution >= 4 is 23.2 Å². The van der Waals surface area contributed by atoms with Crippen LogP contribution >= 0.6 is 12.2 Å². The molecular formula is C14H15F3O3S. The molecule has 0 aliphatic carbocycles. The number of hydrogen-bond donors (Lipinski definition) is 0. The van der Waals surface area contributed by atoms with Crippen molar-refractivity contribution in [2.24, 2.45) is 0 Å². The van der Waals surface area contributed by atoms with Crippen LogP contribution in [0, 0.1) is 0 Å². The van der Waals surface area contributed by atoms with Gasteiger partial charge in [0, 0.05) is 0 Å². The summed E-state index contributed by atoms with van der Waals surface area (Å²) in [5, 5.41) is -0.859. The minimum Gasteiger partial charge on any atom is -0.485 e. The van der Waals surface area contributed by atoms with Crippen LogP contribution in [0.5, 0.6) is 0 Å². The van der Waals surface area contributed by atoms with Gasteiger partial charge in [0.2, 0.25) is 0 Å². The van der Waals surface area contributed by atoms with Crippen molar-refractivity contribution in [1.82, 2.24) is 0 Å². The predicted molar refractivity (Wildman–Crippen MR) is 75.0 cm³/mol. The van der Waals surface area contributed by atoms with Crippen LogP contribution in [0.15, 0.2) is 30.3 Å². The molecule has 1 atom stereocenters. The molecule has 0 spiro atoms. The van der Waals surface area contributed by atoms with Gasteiger partial charge in [-0.3, -0.25) is 4.79 Å². The molecule has 3 nitrogen and oxygen atoms in total. The van der Waals surface area contributed by atoms with E-state index in [2.05, 4.69) is 4.74 Å². The molecule has 1 aromatic carbocycles. The fraction of sp³-hybridized carbons (Fsp3) is 0.429. The second kappa shape index (κ2) is 6.89. The Bertz CT molecular complexity index is 482. The maximum absolute atomic E-state index is 13.7. The van der Waals surface area contributed by atoms with Gasteiger partial charge in [-0.05, 0) is 31.6 Å². The predicted octanol–water partition coefficient (Wildman–Crippen LogP) is 3.41. The molecule has 0 N–H and O–H groups in total. The average molecular weight is 320 g/mol. The zero-order valence-electron chi connectivity index (χ0n) is 11.6. The summed E-state index contributed by atoms with van der Waals surface area (Å²) in [6.45, 7) is 2.64. The lowest BCUT2D eigenvalue weighted by Crippen LogP contribution is -2.56. The molecule has 0 amide bonds. The second-order valence-corrected chi connectivity index (χ2v) is 4.43. The third-order valence-electron chi connectivity index (χ3n) is 2.80. The first-order valence-electron chi connectivity index (χ1n) is 6.29. The lowest BCUT2D eigenvalue weighted by molar-refractivity contribution is -0.196. The summed E-state index contributed by atoms with van der Waals surface area (Å²) < 4.78 is 50.7. The number of halogens is 3. The first kappa shape index (κ1) is 17.4. The number of alkyl halides is 3. The number of thiocarbonyl (C=S) groups is 1. The number of carbonyl (C=O) groups excluding carboxylic acids is 1. The molecular weight excluding hydrogens is 305 g/mol. The third kappa shape index (κ3) is 3.18. The topological polar surface area (TPSA) is 35.5 Å². The van der Waals surface area contributed by atoms with Gasteiger partial charge in [0.25, 0.3) is 5.41 Å². The number of benzene rings is 1. The minimum absolute atomic E-state index is 0.0805. The van der Waals surface area contributed by atoms with Gasteiger partial charge in [0.05, 0.1) is 13.2 Å². The van der Waals surface area contributed by atoms with E-state index >= 15 is 0 Å². The fourth-order valence-electron chi connectivity index (χ4n) is 1.88. The molecule has 0 fully saturated rings. The normalized spacial score (nSPS) is 14.1. The van der Waals surface area contributed by atoms with E-state index in [0.717, 1.165) is 0 Å². The van der Waals surface area contributed by atoms with Gasteiger partial charge in [0.1, 0.15) is 0 Å². The van der Waals surface area contributed by atoms with Crippen LogP contribution < -0.4 is 0 Å². The molecule has 0 radical (unpaired) electrons. The monoisotopic (exact) mass is 320 g/mol. The van der Waals surface area contributed by atoms with E-state index in [9.17, 15) is 18.0 Å². The highest BCUT2D eigenvalue weighted by Crippen LogP contribution is 2.44. The average Bonchev–Trinajstić information content (AvgIpc) is 2.39. The van der Waals surface area contributed by atoms with Crippen LogP contribution in [0.1, 0.15) is 19.4 Å². The van der Waals surface area contributed by atoms with Crippen molar-refractivity contribution in [3.05, 3.63) is 35.9 Å². The van der Waals surface area contributed by atoms with Crippen molar-refractivity contribution in [3.8, 4) is 0 Å². The molecule has 7 heteroatoms. The van der Waals surface area contributed by atoms with E-state index in [1.165, 1.54) is 38.1 Å². The summed E-state index contributed by atoms with van der Waals surface area (Å²) in [6.07, 6.45) is -4.98. The van der Waals surface area contributed by atoms with E-state index in [1.807, 2.05) is 0 Å². The zero-order chi connectivity index (χ0) is 16.1. The quantitative estimate of drug-likeness (QED) is 0.615. The highest BCUT2D eigenvalue weighted by Gasteiger charge is 2.67. The van der Waals surface area contributed by atoms with Gasteiger partial charge in [-0.2, -0.15) is 13.2 Å². The Morgan fingerprint density at radius 2 is 1.62 bits per heavy atom. The molecule has 0 aliphatic heterocycles. The molecule has 0 saturated carbocycles. The third-order valence-corrected chi connectivity index (χ3v) is 3.22. The second-order valence-electron chi connectivity index (χ2n) is 4.05. The number of esters is 1. The molecule has 0 aromatic heterocycles. The van der Waals surface area contributed by atoms with E-state index < -0.39 is 22.6 Å². The Hall–Kier alpha value is -1.63. The molecule has 0 bridgehead atoms. The first-order valence-corrected chi connectivity index (χ1v) is 6.69. The first-order chi connectivity index (χ1) is 9.82. The summed E-state index contributed by atoms with van der Waals surface area (Å²) in [5.41, 5.74) is -3.43. The van der Waals surface area contributed by atoms with Crippen LogP contribution in [-0.2, 0) is 19.7 Å². The zero-order valence-corrected chi connectivity index (χ0v) is 12.4. The molecule has 1 rings (SSSR count). The van der Waals surface area contributed by atoms with Crippen LogP contribution in [0.3, 0.4) is 0 Å². The summed E-state index contributed by atoms with van der Waals surface area (Å²) in [7, 11) is 0. The standard InChI is InChI=1S/C14H15F3O3S/c1-3-19-11(18)13(14(15,16)17,12(21)20-4-2)10-8-6-5-7-9-10/h5-9H,3-4H2,1-2H3. The number of hydrogen-bond acceptors (Lipinski definition) is 4.